The quantitative estimate of drug-likeness (QED) is 0.224. The highest BCUT2D eigenvalue weighted by molar-refractivity contribution is 7.19. The molecule has 0 aliphatic rings. The summed E-state index contributed by atoms with van der Waals surface area (Å²) in [4.78, 5) is 16.8. The molecule has 6 heteroatoms. The molecular formula is C23H13ClN2O2S. The molecule has 0 saturated heterocycles. The molecule has 1 heterocycles. The largest absolute Gasteiger partial charge is 0.423 e. The number of para-hydroxylation sites is 1. The Bertz CT molecular complexity index is 1240. The van der Waals surface area contributed by atoms with E-state index in [0.29, 0.717) is 26.9 Å². The van der Waals surface area contributed by atoms with Gasteiger partial charge in [-0.15, -0.1) is 11.3 Å². The van der Waals surface area contributed by atoms with Gasteiger partial charge in [-0.2, -0.15) is 5.26 Å². The first-order valence-electron chi connectivity index (χ1n) is 8.68. The smallest absolute Gasteiger partial charge is 0.343 e. The molecule has 4 nitrogen and oxygen atoms in total. The first-order chi connectivity index (χ1) is 14.1. The van der Waals surface area contributed by atoms with Crippen molar-refractivity contribution in [1.82, 2.24) is 4.98 Å². The number of nitrogens with zero attached hydrogens (tertiary/aromatic N) is 2. The number of ether oxygens (including phenoxy) is 1. The van der Waals surface area contributed by atoms with Crippen LogP contribution in [0.2, 0.25) is 5.02 Å². The fraction of sp³-hybridized carbons (Fsp3) is 0. The molecule has 0 amide bonds. The summed E-state index contributed by atoms with van der Waals surface area (Å²) in [5, 5.41) is 10.8. The lowest BCUT2D eigenvalue weighted by atomic mass is 10.1. The molecule has 4 rings (SSSR count). The van der Waals surface area contributed by atoms with Gasteiger partial charge in [0.15, 0.2) is 0 Å². The van der Waals surface area contributed by atoms with Gasteiger partial charge in [0, 0.05) is 5.02 Å². The molecule has 0 atom stereocenters. The molecule has 0 aliphatic heterocycles. The van der Waals surface area contributed by atoms with Gasteiger partial charge < -0.3 is 4.74 Å². The van der Waals surface area contributed by atoms with E-state index in [1.807, 2.05) is 30.3 Å². The van der Waals surface area contributed by atoms with Gasteiger partial charge in [0.1, 0.15) is 16.8 Å². The van der Waals surface area contributed by atoms with Crippen molar-refractivity contribution in [3.8, 4) is 11.8 Å². The van der Waals surface area contributed by atoms with E-state index in [1.165, 1.54) is 11.3 Å². The zero-order valence-electron chi connectivity index (χ0n) is 15.0. The van der Waals surface area contributed by atoms with E-state index in [4.69, 9.17) is 16.3 Å². The summed E-state index contributed by atoms with van der Waals surface area (Å²) in [6.45, 7) is 0. The summed E-state index contributed by atoms with van der Waals surface area (Å²) in [6, 6.07) is 23.4. The molecule has 0 saturated carbocycles. The van der Waals surface area contributed by atoms with Gasteiger partial charge in [0.05, 0.1) is 21.4 Å². The van der Waals surface area contributed by atoms with Gasteiger partial charge in [-0.1, -0.05) is 35.9 Å². The summed E-state index contributed by atoms with van der Waals surface area (Å²) in [5.74, 6) is -0.0882. The Morgan fingerprint density at radius 1 is 1.07 bits per heavy atom. The fourth-order valence-corrected chi connectivity index (χ4v) is 3.77. The number of hydrogen-bond donors (Lipinski definition) is 0. The molecule has 4 aromatic rings. The molecule has 0 fully saturated rings. The number of esters is 1. The number of fused-ring (bicyclic) bond motifs is 1. The van der Waals surface area contributed by atoms with Crippen molar-refractivity contribution in [1.29, 1.82) is 5.26 Å². The van der Waals surface area contributed by atoms with Crippen molar-refractivity contribution in [2.75, 3.05) is 0 Å². The number of carbonyl (C=O) groups is 1. The van der Waals surface area contributed by atoms with Crippen LogP contribution in [0.4, 0.5) is 0 Å². The van der Waals surface area contributed by atoms with E-state index < -0.39 is 5.97 Å². The number of hydrogen-bond acceptors (Lipinski definition) is 5. The summed E-state index contributed by atoms with van der Waals surface area (Å²) >= 11 is 7.31. The van der Waals surface area contributed by atoms with Gasteiger partial charge in [0.25, 0.3) is 0 Å². The second kappa shape index (κ2) is 8.27. The first kappa shape index (κ1) is 18.9. The Balaban J connectivity index is 1.59. The number of halogens is 1. The van der Waals surface area contributed by atoms with Crippen molar-refractivity contribution in [2.24, 2.45) is 0 Å². The van der Waals surface area contributed by atoms with Gasteiger partial charge in [-0.05, 0) is 60.2 Å². The Labute approximate surface area is 176 Å². The Hall–Kier alpha value is -3.46. The van der Waals surface area contributed by atoms with Crippen molar-refractivity contribution in [3.05, 3.63) is 94.0 Å². The van der Waals surface area contributed by atoms with E-state index in [0.717, 1.165) is 15.8 Å². The predicted octanol–water partition coefficient (Wildman–Crippen LogP) is 6.23. The summed E-state index contributed by atoms with van der Waals surface area (Å²) in [5.41, 5.74) is 2.46. The molecular weight excluding hydrogens is 404 g/mol. The number of carbonyl (C=O) groups excluding carboxylic acids is 1. The third kappa shape index (κ3) is 4.35. The average molecular weight is 417 g/mol. The van der Waals surface area contributed by atoms with E-state index in [-0.39, 0.29) is 0 Å². The van der Waals surface area contributed by atoms with Gasteiger partial charge in [-0.25, -0.2) is 9.78 Å². The minimum absolute atomic E-state index is 0.389. The van der Waals surface area contributed by atoms with Gasteiger partial charge in [-0.3, -0.25) is 0 Å². The van der Waals surface area contributed by atoms with Crippen LogP contribution >= 0.6 is 22.9 Å². The van der Waals surface area contributed by atoms with Crippen LogP contribution in [0, 0.1) is 11.3 Å². The van der Waals surface area contributed by atoms with Crippen LogP contribution < -0.4 is 4.74 Å². The molecule has 0 aliphatic carbocycles. The third-order valence-electron chi connectivity index (χ3n) is 4.10. The Kier molecular flexibility index (Phi) is 5.39. The monoisotopic (exact) mass is 416 g/mol. The van der Waals surface area contributed by atoms with Crippen LogP contribution in [-0.4, -0.2) is 11.0 Å². The van der Waals surface area contributed by atoms with Crippen molar-refractivity contribution < 1.29 is 9.53 Å². The molecule has 0 radical (unpaired) electrons. The van der Waals surface area contributed by atoms with Crippen molar-refractivity contribution in [2.45, 2.75) is 0 Å². The summed E-state index contributed by atoms with van der Waals surface area (Å²) in [7, 11) is 0. The Morgan fingerprint density at radius 2 is 1.86 bits per heavy atom. The zero-order chi connectivity index (χ0) is 20.2. The molecule has 1 aromatic heterocycles. The number of aromatic nitrogens is 1. The summed E-state index contributed by atoms with van der Waals surface area (Å²) < 4.78 is 6.47. The van der Waals surface area contributed by atoms with Crippen LogP contribution in [0.3, 0.4) is 0 Å². The average Bonchev–Trinajstić information content (AvgIpc) is 3.17. The number of benzene rings is 3. The molecule has 0 spiro atoms. The second-order valence-corrected chi connectivity index (χ2v) is 7.59. The molecule has 0 bridgehead atoms. The van der Waals surface area contributed by atoms with E-state index in [1.54, 1.807) is 48.5 Å². The molecule has 140 valence electrons. The number of thiazole rings is 1. The standard InChI is InChI=1S/C23H13ClN2O2S/c24-18-10-8-16(9-11-18)23(27)28-19-5-3-4-15(13-19)12-17(14-25)22-26-20-6-1-2-7-21(20)29-22/h1-13H. The molecule has 3 aromatic carbocycles. The first-order valence-corrected chi connectivity index (χ1v) is 9.87. The highest BCUT2D eigenvalue weighted by Crippen LogP contribution is 2.28. The van der Waals surface area contributed by atoms with Crippen molar-refractivity contribution >= 4 is 50.8 Å². The summed E-state index contributed by atoms with van der Waals surface area (Å²) in [6.07, 6.45) is 1.73. The normalized spacial score (nSPS) is 11.2. The van der Waals surface area contributed by atoms with Crippen LogP contribution in [0.15, 0.2) is 72.8 Å². The maximum Gasteiger partial charge on any atom is 0.343 e. The highest BCUT2D eigenvalue weighted by Gasteiger charge is 2.11. The third-order valence-corrected chi connectivity index (χ3v) is 5.43. The lowest BCUT2D eigenvalue weighted by Crippen LogP contribution is -2.08. The minimum Gasteiger partial charge on any atom is -0.423 e. The van der Waals surface area contributed by atoms with E-state index >= 15 is 0 Å². The molecule has 0 unspecified atom stereocenters. The van der Waals surface area contributed by atoms with Gasteiger partial charge >= 0.3 is 5.97 Å². The topological polar surface area (TPSA) is 63.0 Å². The van der Waals surface area contributed by atoms with Crippen molar-refractivity contribution in [3.63, 3.8) is 0 Å². The number of rotatable bonds is 4. The maximum absolute atomic E-state index is 12.3. The SMILES string of the molecule is N#CC(=Cc1cccc(OC(=O)c2ccc(Cl)cc2)c1)c1nc2ccccc2s1. The second-order valence-electron chi connectivity index (χ2n) is 6.13. The highest BCUT2D eigenvalue weighted by atomic mass is 35.5. The molecule has 29 heavy (non-hydrogen) atoms. The lowest BCUT2D eigenvalue weighted by molar-refractivity contribution is 0.0735. The lowest BCUT2D eigenvalue weighted by Gasteiger charge is -2.05. The van der Waals surface area contributed by atoms with E-state index in [2.05, 4.69) is 11.1 Å². The molecule has 0 N–H and O–H groups in total. The van der Waals surface area contributed by atoms with E-state index in [9.17, 15) is 10.1 Å². The maximum atomic E-state index is 12.3. The fourth-order valence-electron chi connectivity index (χ4n) is 2.72. The van der Waals surface area contributed by atoms with Crippen LogP contribution in [0.25, 0.3) is 21.9 Å². The number of allylic oxidation sites excluding steroid dienone is 1. The number of nitriles is 1. The van der Waals surface area contributed by atoms with Crippen LogP contribution in [-0.2, 0) is 0 Å². The van der Waals surface area contributed by atoms with Crippen LogP contribution in [0.5, 0.6) is 5.75 Å². The van der Waals surface area contributed by atoms with Crippen LogP contribution in [0.1, 0.15) is 20.9 Å². The zero-order valence-corrected chi connectivity index (χ0v) is 16.6. The predicted molar refractivity (Wildman–Crippen MR) is 116 cm³/mol. The Morgan fingerprint density at radius 3 is 2.62 bits per heavy atom. The minimum atomic E-state index is -0.477. The van der Waals surface area contributed by atoms with Gasteiger partial charge in [0.2, 0.25) is 0 Å².